The highest BCUT2D eigenvalue weighted by atomic mass is 35.5. The summed E-state index contributed by atoms with van der Waals surface area (Å²) in [5, 5.41) is 6.48. The second-order valence-corrected chi connectivity index (χ2v) is 6.76. The van der Waals surface area contributed by atoms with Crippen LogP contribution in [0.3, 0.4) is 0 Å². The number of benzene rings is 2. The van der Waals surface area contributed by atoms with Gasteiger partial charge in [-0.2, -0.15) is 13.2 Å². The molecule has 1 aliphatic heterocycles. The van der Waals surface area contributed by atoms with Gasteiger partial charge in [0, 0.05) is 17.1 Å². The lowest BCUT2D eigenvalue weighted by Crippen LogP contribution is -2.25. The van der Waals surface area contributed by atoms with Crippen molar-refractivity contribution in [2.24, 2.45) is 0 Å². The van der Waals surface area contributed by atoms with Crippen LogP contribution in [0.25, 0.3) is 0 Å². The van der Waals surface area contributed by atoms with Crippen molar-refractivity contribution in [3.63, 3.8) is 0 Å². The monoisotopic (exact) mass is 418 g/mol. The molecule has 0 saturated carbocycles. The van der Waals surface area contributed by atoms with Crippen molar-refractivity contribution in [2.75, 3.05) is 19.0 Å². The van der Waals surface area contributed by atoms with Crippen LogP contribution in [0.2, 0.25) is 10.0 Å². The van der Waals surface area contributed by atoms with Gasteiger partial charge in [0.15, 0.2) is 0 Å². The maximum absolute atomic E-state index is 13.2. The van der Waals surface area contributed by atoms with E-state index in [9.17, 15) is 18.0 Å². The molecule has 0 aromatic heterocycles. The number of hydrogen-bond acceptors (Lipinski definition) is 3. The third-order valence-electron chi connectivity index (χ3n) is 4.29. The summed E-state index contributed by atoms with van der Waals surface area (Å²) >= 11 is 12.6. The first kappa shape index (κ1) is 19.8. The van der Waals surface area contributed by atoms with Gasteiger partial charge >= 0.3 is 6.18 Å². The van der Waals surface area contributed by atoms with Crippen LogP contribution in [0.4, 0.5) is 18.9 Å². The predicted octanol–water partition coefficient (Wildman–Crippen LogP) is 4.92. The fourth-order valence-corrected chi connectivity index (χ4v) is 3.55. The first-order chi connectivity index (χ1) is 12.7. The van der Waals surface area contributed by atoms with Gasteiger partial charge in [-0.1, -0.05) is 23.2 Å². The highest BCUT2D eigenvalue weighted by Crippen LogP contribution is 2.38. The van der Waals surface area contributed by atoms with E-state index >= 15 is 0 Å². The second-order valence-electron chi connectivity index (χ2n) is 5.97. The van der Waals surface area contributed by atoms with Gasteiger partial charge in [0.05, 0.1) is 23.4 Å². The van der Waals surface area contributed by atoms with Gasteiger partial charge in [-0.05, 0) is 48.4 Å². The van der Waals surface area contributed by atoms with Crippen LogP contribution in [-0.2, 0) is 19.1 Å². The number of hydrogen-bond donors (Lipinski definition) is 2. The fourth-order valence-electron chi connectivity index (χ4n) is 2.95. The number of amides is 1. The third kappa shape index (κ3) is 4.00. The maximum atomic E-state index is 13.2. The molecule has 27 heavy (non-hydrogen) atoms. The fraction of sp³-hybridized carbons (Fsp3) is 0.278. The van der Waals surface area contributed by atoms with Crippen molar-refractivity contribution in [2.45, 2.75) is 19.1 Å². The van der Waals surface area contributed by atoms with E-state index in [1.54, 1.807) is 0 Å². The molecular formula is C18H15Cl2F3N2O2. The number of rotatable bonds is 3. The average Bonchev–Trinajstić information content (AvgIpc) is 2.64. The van der Waals surface area contributed by atoms with Crippen LogP contribution >= 0.6 is 23.2 Å². The average molecular weight is 419 g/mol. The lowest BCUT2D eigenvalue weighted by molar-refractivity contribution is -0.138. The van der Waals surface area contributed by atoms with E-state index in [0.29, 0.717) is 23.0 Å². The van der Waals surface area contributed by atoms with Crippen molar-refractivity contribution < 1.29 is 22.7 Å². The number of anilines is 1. The quantitative estimate of drug-likeness (QED) is 0.743. The van der Waals surface area contributed by atoms with E-state index in [1.807, 2.05) is 0 Å². The molecule has 2 N–H and O–H groups in total. The molecule has 4 nitrogen and oxygen atoms in total. The molecule has 0 saturated heterocycles. The number of nitrogens with one attached hydrogen (secondary N) is 2. The molecule has 0 bridgehead atoms. The Hall–Kier alpha value is -1.96. The van der Waals surface area contributed by atoms with Crippen molar-refractivity contribution in [3.8, 4) is 5.75 Å². The second kappa shape index (κ2) is 7.58. The Morgan fingerprint density at radius 1 is 1.22 bits per heavy atom. The zero-order valence-electron chi connectivity index (χ0n) is 14.1. The van der Waals surface area contributed by atoms with Crippen LogP contribution in [0.1, 0.15) is 27.0 Å². The van der Waals surface area contributed by atoms with Crippen LogP contribution < -0.4 is 15.4 Å². The summed E-state index contributed by atoms with van der Waals surface area (Å²) in [5.74, 6) is -1.09. The molecule has 0 atom stereocenters. The Morgan fingerprint density at radius 2 is 1.96 bits per heavy atom. The topological polar surface area (TPSA) is 50.4 Å². The number of carbonyl (C=O) groups is 1. The highest BCUT2D eigenvalue weighted by molar-refractivity contribution is 6.37. The summed E-state index contributed by atoms with van der Waals surface area (Å²) < 4.78 is 44.2. The zero-order valence-corrected chi connectivity index (χ0v) is 15.6. The summed E-state index contributed by atoms with van der Waals surface area (Å²) in [6.45, 7) is 1.26. The lowest BCUT2D eigenvalue weighted by Gasteiger charge is -2.22. The summed E-state index contributed by atoms with van der Waals surface area (Å²) in [6.07, 6.45) is -3.95. The predicted molar refractivity (Wildman–Crippen MR) is 97.8 cm³/mol. The Morgan fingerprint density at radius 3 is 2.63 bits per heavy atom. The first-order valence-corrected chi connectivity index (χ1v) is 8.75. The van der Waals surface area contributed by atoms with E-state index in [-0.39, 0.29) is 17.0 Å². The number of methoxy groups -OCH3 is 1. The van der Waals surface area contributed by atoms with Crippen molar-refractivity contribution in [3.05, 3.63) is 56.6 Å². The Bertz CT molecular complexity index is 901. The van der Waals surface area contributed by atoms with E-state index in [1.165, 1.54) is 12.1 Å². The smallest absolute Gasteiger partial charge is 0.419 e. The number of ether oxygens (including phenoxy) is 1. The largest absolute Gasteiger partial charge is 0.496 e. The first-order valence-electron chi connectivity index (χ1n) is 7.99. The molecule has 1 heterocycles. The summed E-state index contributed by atoms with van der Waals surface area (Å²) in [4.78, 5) is 12.5. The molecule has 2 aromatic carbocycles. The molecule has 1 amide bonds. The zero-order chi connectivity index (χ0) is 19.8. The number of fused-ring (bicyclic) bond motifs is 1. The van der Waals surface area contributed by atoms with Crippen LogP contribution in [0, 0.1) is 0 Å². The van der Waals surface area contributed by atoms with Crippen LogP contribution in [0.15, 0.2) is 24.3 Å². The van der Waals surface area contributed by atoms with Crippen molar-refractivity contribution in [1.82, 2.24) is 5.32 Å². The van der Waals surface area contributed by atoms with Gasteiger partial charge in [-0.3, -0.25) is 4.79 Å². The normalized spacial score (nSPS) is 13.9. The van der Waals surface area contributed by atoms with Gasteiger partial charge in [-0.25, -0.2) is 0 Å². The number of alkyl halides is 3. The highest BCUT2D eigenvalue weighted by Gasteiger charge is 2.35. The van der Waals surface area contributed by atoms with E-state index in [4.69, 9.17) is 27.9 Å². The SMILES string of the molecule is COc1ccc(C(=O)Nc2cc(Cl)c3c(c2Cl)CNCC3)cc1C(F)(F)F. The van der Waals surface area contributed by atoms with Crippen molar-refractivity contribution >= 4 is 34.8 Å². The molecule has 0 spiro atoms. The third-order valence-corrected chi connectivity index (χ3v) is 5.06. The van der Waals surface area contributed by atoms with E-state index < -0.39 is 17.6 Å². The maximum Gasteiger partial charge on any atom is 0.419 e. The number of carbonyl (C=O) groups excluding carboxylic acids is 1. The minimum atomic E-state index is -4.65. The molecule has 1 aliphatic rings. The molecular weight excluding hydrogens is 404 g/mol. The Balaban J connectivity index is 1.94. The van der Waals surface area contributed by atoms with Gasteiger partial charge in [-0.15, -0.1) is 0 Å². The molecule has 0 radical (unpaired) electrons. The van der Waals surface area contributed by atoms with Gasteiger partial charge in [0.2, 0.25) is 0 Å². The summed E-state index contributed by atoms with van der Waals surface area (Å²) in [7, 11) is 1.13. The van der Waals surface area contributed by atoms with Crippen molar-refractivity contribution in [1.29, 1.82) is 0 Å². The molecule has 2 aromatic rings. The van der Waals surface area contributed by atoms with Crippen LogP contribution in [0.5, 0.6) is 5.75 Å². The Labute approximate surface area is 163 Å². The van der Waals surface area contributed by atoms with E-state index in [0.717, 1.165) is 36.9 Å². The molecule has 9 heteroatoms. The molecule has 0 aliphatic carbocycles. The molecule has 3 rings (SSSR count). The Kier molecular flexibility index (Phi) is 5.55. The summed E-state index contributed by atoms with van der Waals surface area (Å²) in [6, 6.07) is 4.60. The standard InChI is InChI=1S/C18H15Cl2F3N2O2/c1-27-15-3-2-9(6-12(15)18(21,22)23)17(26)25-14-7-13(19)10-4-5-24-8-11(10)16(14)20/h2-3,6-7,24H,4-5,8H2,1H3,(H,25,26). The minimum absolute atomic E-state index is 0.175. The summed E-state index contributed by atoms with van der Waals surface area (Å²) in [5.41, 5.74) is 0.722. The molecule has 0 unspecified atom stereocenters. The minimum Gasteiger partial charge on any atom is -0.496 e. The molecule has 0 fully saturated rings. The van der Waals surface area contributed by atoms with Gasteiger partial charge < -0.3 is 15.4 Å². The van der Waals surface area contributed by atoms with E-state index in [2.05, 4.69) is 10.6 Å². The van der Waals surface area contributed by atoms with Gasteiger partial charge in [0.1, 0.15) is 5.75 Å². The van der Waals surface area contributed by atoms with Crippen LogP contribution in [-0.4, -0.2) is 19.6 Å². The lowest BCUT2D eigenvalue weighted by atomic mass is 10.00. The van der Waals surface area contributed by atoms with Gasteiger partial charge in [0.25, 0.3) is 5.91 Å². The number of halogens is 5. The molecule has 144 valence electrons.